The Morgan fingerprint density at radius 1 is 1.10 bits per heavy atom. The maximum absolute atomic E-state index is 13.9. The first-order chi connectivity index (χ1) is 14.0. The molecule has 1 aliphatic rings. The van der Waals surface area contributed by atoms with Crippen LogP contribution in [0.3, 0.4) is 0 Å². The number of fused-ring (bicyclic) bond motifs is 1. The summed E-state index contributed by atoms with van der Waals surface area (Å²) >= 11 is 0. The van der Waals surface area contributed by atoms with E-state index < -0.39 is 11.8 Å². The van der Waals surface area contributed by atoms with Crippen LogP contribution in [0.25, 0.3) is 22.3 Å². The smallest absolute Gasteiger partial charge is 0.341 e. The Morgan fingerprint density at radius 2 is 1.90 bits per heavy atom. The summed E-state index contributed by atoms with van der Waals surface area (Å²) in [6.07, 6.45) is 1.19. The first-order valence-corrected chi connectivity index (χ1v) is 9.85. The van der Waals surface area contributed by atoms with Crippen LogP contribution >= 0.6 is 0 Å². The van der Waals surface area contributed by atoms with Crippen LogP contribution in [-0.2, 0) is 11.3 Å². The maximum Gasteiger partial charge on any atom is 0.341 e. The van der Waals surface area contributed by atoms with Crippen molar-refractivity contribution in [3.63, 3.8) is 0 Å². The van der Waals surface area contributed by atoms with Crippen LogP contribution in [0.5, 0.6) is 0 Å². The second kappa shape index (κ2) is 8.35. The molecule has 1 fully saturated rings. The molecule has 1 aliphatic heterocycles. The predicted octanol–water partition coefficient (Wildman–Crippen LogP) is 4.16. The van der Waals surface area contributed by atoms with Crippen molar-refractivity contribution in [2.45, 2.75) is 13.0 Å². The Hall–Kier alpha value is -2.70. The van der Waals surface area contributed by atoms with E-state index in [1.165, 1.54) is 25.2 Å². The van der Waals surface area contributed by atoms with Gasteiger partial charge in [-0.1, -0.05) is 24.3 Å². The van der Waals surface area contributed by atoms with E-state index in [1.54, 1.807) is 6.07 Å². The lowest BCUT2D eigenvalue weighted by Gasteiger charge is -2.20. The Morgan fingerprint density at radius 3 is 2.66 bits per heavy atom. The van der Waals surface area contributed by atoms with E-state index in [0.717, 1.165) is 44.4 Å². The van der Waals surface area contributed by atoms with Crippen LogP contribution in [-0.4, -0.2) is 56.1 Å². The fourth-order valence-corrected chi connectivity index (χ4v) is 3.81. The van der Waals surface area contributed by atoms with Gasteiger partial charge in [0.2, 0.25) is 0 Å². The summed E-state index contributed by atoms with van der Waals surface area (Å²) in [5.74, 6) is -0.517. The Balaban J connectivity index is 1.56. The molecule has 1 aromatic heterocycles. The van der Waals surface area contributed by atoms with E-state index in [2.05, 4.69) is 29.0 Å². The molecule has 0 radical (unpaired) electrons. The van der Waals surface area contributed by atoms with Crippen LogP contribution in [0, 0.1) is 5.82 Å². The molecule has 4 rings (SSSR count). The fourth-order valence-electron chi connectivity index (χ4n) is 3.81. The van der Waals surface area contributed by atoms with Gasteiger partial charge in [0, 0.05) is 30.6 Å². The molecule has 6 heteroatoms. The van der Waals surface area contributed by atoms with Gasteiger partial charge in [-0.2, -0.15) is 0 Å². The molecule has 3 aromatic rings. The Bertz CT molecular complexity index is 1010. The molecular formula is C23H25FN2O3. The van der Waals surface area contributed by atoms with Gasteiger partial charge in [-0.3, -0.25) is 4.90 Å². The molecule has 29 heavy (non-hydrogen) atoms. The highest BCUT2D eigenvalue weighted by atomic mass is 19.1. The number of rotatable bonds is 4. The van der Waals surface area contributed by atoms with Crippen molar-refractivity contribution in [1.82, 2.24) is 9.80 Å². The summed E-state index contributed by atoms with van der Waals surface area (Å²) in [5, 5.41) is 0.540. The molecule has 0 spiro atoms. The molecular weight excluding hydrogens is 371 g/mol. The van der Waals surface area contributed by atoms with E-state index >= 15 is 0 Å². The van der Waals surface area contributed by atoms with E-state index in [1.807, 2.05) is 12.1 Å². The monoisotopic (exact) mass is 396 g/mol. The average Bonchev–Trinajstić information content (AvgIpc) is 3.04. The van der Waals surface area contributed by atoms with Gasteiger partial charge >= 0.3 is 5.97 Å². The number of benzene rings is 2. The lowest BCUT2D eigenvalue weighted by atomic mass is 10.1. The lowest BCUT2D eigenvalue weighted by Crippen LogP contribution is -2.28. The maximum atomic E-state index is 13.9. The molecule has 0 bridgehead atoms. The van der Waals surface area contributed by atoms with Crippen LogP contribution < -0.4 is 0 Å². The molecule has 0 amide bonds. The molecule has 0 N–H and O–H groups in total. The zero-order chi connectivity index (χ0) is 20.4. The van der Waals surface area contributed by atoms with Crippen molar-refractivity contribution in [1.29, 1.82) is 0 Å². The van der Waals surface area contributed by atoms with Crippen LogP contribution in [0.2, 0.25) is 0 Å². The highest BCUT2D eigenvalue weighted by Gasteiger charge is 2.18. The molecule has 0 unspecified atom stereocenters. The van der Waals surface area contributed by atoms with E-state index in [-0.39, 0.29) is 5.56 Å². The summed E-state index contributed by atoms with van der Waals surface area (Å²) in [5.41, 5.74) is 2.56. The highest BCUT2D eigenvalue weighted by Crippen LogP contribution is 2.31. The Kier molecular flexibility index (Phi) is 5.65. The minimum absolute atomic E-state index is 0.0940. The quantitative estimate of drug-likeness (QED) is 0.620. The number of nitrogens with zero attached hydrogens (tertiary/aromatic N) is 2. The van der Waals surface area contributed by atoms with Gasteiger partial charge in [-0.25, -0.2) is 9.18 Å². The van der Waals surface area contributed by atoms with Crippen molar-refractivity contribution in [3.05, 3.63) is 59.4 Å². The lowest BCUT2D eigenvalue weighted by molar-refractivity contribution is 0.0601. The third-order valence-corrected chi connectivity index (χ3v) is 5.44. The topological polar surface area (TPSA) is 45.9 Å². The first-order valence-electron chi connectivity index (χ1n) is 9.85. The normalized spacial score (nSPS) is 16.1. The van der Waals surface area contributed by atoms with Gasteiger partial charge in [0.25, 0.3) is 0 Å². The average molecular weight is 396 g/mol. The van der Waals surface area contributed by atoms with Gasteiger partial charge in [0.1, 0.15) is 22.7 Å². The van der Waals surface area contributed by atoms with Gasteiger partial charge < -0.3 is 14.1 Å². The number of ether oxygens (including phenoxy) is 1. The molecule has 1 saturated heterocycles. The summed E-state index contributed by atoms with van der Waals surface area (Å²) in [4.78, 5) is 16.8. The molecule has 5 nitrogen and oxygen atoms in total. The fraction of sp³-hybridized carbons (Fsp3) is 0.348. The third kappa shape index (κ3) is 4.33. The molecule has 2 aromatic carbocycles. The number of carbonyl (C=O) groups excluding carboxylic acids is 1. The van der Waals surface area contributed by atoms with Crippen molar-refractivity contribution < 1.29 is 18.3 Å². The van der Waals surface area contributed by atoms with Gasteiger partial charge in [0.05, 0.1) is 7.11 Å². The summed E-state index contributed by atoms with van der Waals surface area (Å²) < 4.78 is 24.5. The second-order valence-electron chi connectivity index (χ2n) is 7.60. The van der Waals surface area contributed by atoms with Crippen LogP contribution in [0.4, 0.5) is 4.39 Å². The van der Waals surface area contributed by atoms with E-state index in [0.29, 0.717) is 16.7 Å². The van der Waals surface area contributed by atoms with Crippen LogP contribution in [0.15, 0.2) is 46.9 Å². The van der Waals surface area contributed by atoms with Crippen molar-refractivity contribution in [2.75, 3.05) is 40.3 Å². The number of methoxy groups -OCH3 is 1. The minimum atomic E-state index is -0.617. The predicted molar refractivity (Wildman–Crippen MR) is 110 cm³/mol. The van der Waals surface area contributed by atoms with Crippen molar-refractivity contribution in [3.8, 4) is 11.3 Å². The SMILES string of the molecule is COC(=O)c1cc(F)cc2cc(-c3ccc(CN4CCCN(C)CC4)cc3)oc12. The number of hydrogen-bond acceptors (Lipinski definition) is 5. The van der Waals surface area contributed by atoms with Gasteiger partial charge in [-0.05, 0) is 50.3 Å². The van der Waals surface area contributed by atoms with Crippen molar-refractivity contribution >= 4 is 16.9 Å². The number of esters is 1. The molecule has 0 atom stereocenters. The highest BCUT2D eigenvalue weighted by molar-refractivity contribution is 6.03. The molecule has 0 saturated carbocycles. The van der Waals surface area contributed by atoms with Crippen molar-refractivity contribution in [2.24, 2.45) is 0 Å². The summed E-state index contributed by atoms with van der Waals surface area (Å²) in [7, 11) is 3.44. The largest absolute Gasteiger partial charge is 0.465 e. The standard InChI is InChI=1S/C23H25FN2O3/c1-25-8-3-9-26(11-10-25)15-16-4-6-17(7-5-16)21-13-18-12-19(24)14-20(22(18)29-21)23(27)28-2/h4-7,12-14H,3,8-11,15H2,1-2H3. The number of likely N-dealkylation sites (N-methyl/N-ethyl adjacent to an activating group) is 1. The number of furan rings is 1. The zero-order valence-electron chi connectivity index (χ0n) is 16.8. The number of halogens is 1. The molecule has 2 heterocycles. The van der Waals surface area contributed by atoms with Crippen LogP contribution in [0.1, 0.15) is 22.3 Å². The Labute approximate surface area is 169 Å². The number of hydrogen-bond donors (Lipinski definition) is 0. The minimum Gasteiger partial charge on any atom is -0.465 e. The molecule has 152 valence electrons. The second-order valence-corrected chi connectivity index (χ2v) is 7.60. The van der Waals surface area contributed by atoms with E-state index in [4.69, 9.17) is 9.15 Å². The first kappa shape index (κ1) is 19.6. The summed E-state index contributed by atoms with van der Waals surface area (Å²) in [6.45, 7) is 5.35. The molecule has 0 aliphatic carbocycles. The summed E-state index contributed by atoms with van der Waals surface area (Å²) in [6, 6.07) is 12.5. The zero-order valence-corrected chi connectivity index (χ0v) is 16.8. The van der Waals surface area contributed by atoms with Gasteiger partial charge in [0.15, 0.2) is 0 Å². The third-order valence-electron chi connectivity index (χ3n) is 5.44. The number of carbonyl (C=O) groups is 1. The van der Waals surface area contributed by atoms with Gasteiger partial charge in [-0.15, -0.1) is 0 Å². The van der Waals surface area contributed by atoms with E-state index in [9.17, 15) is 9.18 Å².